The molecule has 11 heteroatoms. The molecule has 2 amide bonds. The van der Waals surface area contributed by atoms with Gasteiger partial charge in [0, 0.05) is 22.7 Å². The molecule has 0 bridgehead atoms. The molecule has 0 saturated heterocycles. The summed E-state index contributed by atoms with van der Waals surface area (Å²) in [5, 5.41) is 18.2. The van der Waals surface area contributed by atoms with E-state index in [0.717, 1.165) is 5.56 Å². The van der Waals surface area contributed by atoms with E-state index < -0.39 is 16.7 Å². The van der Waals surface area contributed by atoms with Crippen LogP contribution in [0.4, 0.5) is 5.69 Å². The van der Waals surface area contributed by atoms with Gasteiger partial charge in [-0.15, -0.1) is 0 Å². The number of carbonyl (C=O) groups excluding carboxylic acids is 2. The van der Waals surface area contributed by atoms with Gasteiger partial charge >= 0.3 is 0 Å². The number of hydrazone groups is 1. The van der Waals surface area contributed by atoms with Gasteiger partial charge in [0.05, 0.1) is 21.7 Å². The molecule has 0 radical (unpaired) electrons. The number of nitro benzene ring substituents is 1. The van der Waals surface area contributed by atoms with E-state index in [-0.39, 0.29) is 22.0 Å². The molecule has 1 heterocycles. The molecule has 2 N–H and O–H groups in total. The number of nitro groups is 1. The maximum atomic E-state index is 12.9. The first-order valence-electron chi connectivity index (χ1n) is 11.0. The fourth-order valence-corrected chi connectivity index (χ4v) is 3.61. The first-order valence-corrected chi connectivity index (χ1v) is 11.8. The molecule has 4 rings (SSSR count). The number of halogens is 2. The largest absolute Gasteiger partial charge is 0.455 e. The minimum atomic E-state index is -0.746. The quantitative estimate of drug-likeness (QED) is 0.119. The first kappa shape index (κ1) is 26.3. The Balaban J connectivity index is 1.52. The molecule has 0 fully saturated rings. The molecule has 0 aliphatic rings. The fourth-order valence-electron chi connectivity index (χ4n) is 3.26. The molecule has 190 valence electrons. The Hall–Kier alpha value is -4.73. The lowest BCUT2D eigenvalue weighted by Gasteiger charge is -2.10. The normalized spacial score (nSPS) is 11.4. The van der Waals surface area contributed by atoms with E-state index in [1.807, 2.05) is 0 Å². The summed E-state index contributed by atoms with van der Waals surface area (Å²) in [4.78, 5) is 36.1. The van der Waals surface area contributed by atoms with Crippen LogP contribution < -0.4 is 10.7 Å². The second-order valence-electron chi connectivity index (χ2n) is 7.75. The number of furan rings is 1. The maximum Gasteiger partial charge on any atom is 0.287 e. The predicted octanol–water partition coefficient (Wildman–Crippen LogP) is 6.08. The van der Waals surface area contributed by atoms with E-state index in [4.69, 9.17) is 27.6 Å². The number of carbonyl (C=O) groups is 2. The van der Waals surface area contributed by atoms with Crippen LogP contribution in [0.25, 0.3) is 17.4 Å². The van der Waals surface area contributed by atoms with Gasteiger partial charge in [-0.2, -0.15) is 5.10 Å². The zero-order valence-electron chi connectivity index (χ0n) is 19.4. The van der Waals surface area contributed by atoms with Gasteiger partial charge in [0.25, 0.3) is 17.5 Å². The Morgan fingerprint density at radius 3 is 2.32 bits per heavy atom. The SMILES string of the molecule is O=C(NN=Cc1ccc(-c2ccc(Cl)cc2)o1)/C(=C/c1ccc([N+](=O)[O-])cc1)NC(=O)c1ccccc1Cl. The van der Waals surface area contributed by atoms with Crippen LogP contribution in [0.3, 0.4) is 0 Å². The molecule has 0 aliphatic carbocycles. The lowest BCUT2D eigenvalue weighted by atomic mass is 10.1. The highest BCUT2D eigenvalue weighted by Crippen LogP contribution is 2.23. The zero-order chi connectivity index (χ0) is 27.1. The third-order valence-electron chi connectivity index (χ3n) is 5.14. The number of rotatable bonds is 8. The van der Waals surface area contributed by atoms with Crippen molar-refractivity contribution >= 4 is 53.0 Å². The molecule has 0 atom stereocenters. The van der Waals surface area contributed by atoms with Crippen molar-refractivity contribution in [3.05, 3.63) is 128 Å². The van der Waals surface area contributed by atoms with Gasteiger partial charge in [0.1, 0.15) is 17.2 Å². The van der Waals surface area contributed by atoms with Crippen molar-refractivity contribution in [3.63, 3.8) is 0 Å². The van der Waals surface area contributed by atoms with E-state index in [9.17, 15) is 19.7 Å². The number of nitrogens with one attached hydrogen (secondary N) is 2. The Labute approximate surface area is 226 Å². The average Bonchev–Trinajstić information content (AvgIpc) is 3.38. The highest BCUT2D eigenvalue weighted by atomic mass is 35.5. The molecule has 0 aliphatic heterocycles. The average molecular weight is 549 g/mol. The second-order valence-corrected chi connectivity index (χ2v) is 8.59. The van der Waals surface area contributed by atoms with Gasteiger partial charge < -0.3 is 9.73 Å². The van der Waals surface area contributed by atoms with Gasteiger partial charge in [-0.05, 0) is 72.3 Å². The molecule has 9 nitrogen and oxygen atoms in total. The molecular weight excluding hydrogens is 531 g/mol. The highest BCUT2D eigenvalue weighted by Gasteiger charge is 2.17. The first-order chi connectivity index (χ1) is 18.3. The van der Waals surface area contributed by atoms with Crippen LogP contribution in [0.2, 0.25) is 10.0 Å². The van der Waals surface area contributed by atoms with Crippen LogP contribution in [0.5, 0.6) is 0 Å². The molecule has 0 saturated carbocycles. The number of hydrogen-bond donors (Lipinski definition) is 2. The van der Waals surface area contributed by atoms with Crippen molar-refractivity contribution in [2.24, 2.45) is 5.10 Å². The van der Waals surface area contributed by atoms with E-state index in [0.29, 0.717) is 22.1 Å². The van der Waals surface area contributed by atoms with Crippen molar-refractivity contribution in [3.8, 4) is 11.3 Å². The topological polar surface area (TPSA) is 127 Å². The Kier molecular flexibility index (Phi) is 8.32. The summed E-state index contributed by atoms with van der Waals surface area (Å²) in [6.07, 6.45) is 2.66. The summed E-state index contributed by atoms with van der Waals surface area (Å²) in [5.74, 6) is -0.414. The molecule has 4 aromatic rings. The number of non-ortho nitro benzene ring substituents is 1. The molecule has 0 unspecified atom stereocenters. The van der Waals surface area contributed by atoms with Crippen LogP contribution in [0.1, 0.15) is 21.7 Å². The van der Waals surface area contributed by atoms with Crippen molar-refractivity contribution in [2.45, 2.75) is 0 Å². The maximum absolute atomic E-state index is 12.9. The third kappa shape index (κ3) is 6.73. The van der Waals surface area contributed by atoms with Gasteiger partial charge in [0.2, 0.25) is 0 Å². The van der Waals surface area contributed by atoms with Crippen LogP contribution in [0, 0.1) is 10.1 Å². The molecule has 38 heavy (non-hydrogen) atoms. The van der Waals surface area contributed by atoms with Crippen molar-refractivity contribution < 1.29 is 18.9 Å². The van der Waals surface area contributed by atoms with Crippen LogP contribution in [0.15, 0.2) is 100 Å². The van der Waals surface area contributed by atoms with E-state index in [1.165, 1.54) is 42.6 Å². The number of hydrogen-bond acceptors (Lipinski definition) is 6. The minimum absolute atomic E-state index is 0.116. The second kappa shape index (κ2) is 12.0. The van der Waals surface area contributed by atoms with Crippen molar-refractivity contribution in [2.75, 3.05) is 0 Å². The van der Waals surface area contributed by atoms with Crippen LogP contribution in [-0.4, -0.2) is 23.0 Å². The standard InChI is InChI=1S/C27H18Cl2N4O5/c28-19-9-7-18(8-10-19)25-14-13-21(38-25)16-30-32-27(35)24(15-17-5-11-20(12-6-17)33(36)37)31-26(34)22-3-1-2-4-23(22)29/h1-16H,(H,31,34)(H,32,35)/b24-15-,30-16?. The van der Waals surface area contributed by atoms with Gasteiger partial charge in [-0.1, -0.05) is 35.3 Å². The predicted molar refractivity (Wildman–Crippen MR) is 145 cm³/mol. The van der Waals surface area contributed by atoms with Crippen molar-refractivity contribution in [1.29, 1.82) is 0 Å². The summed E-state index contributed by atoms with van der Waals surface area (Å²) in [6.45, 7) is 0. The Morgan fingerprint density at radius 2 is 1.63 bits per heavy atom. The van der Waals surface area contributed by atoms with Crippen molar-refractivity contribution in [1.82, 2.24) is 10.7 Å². The number of nitrogens with zero attached hydrogens (tertiary/aromatic N) is 2. The summed E-state index contributed by atoms with van der Waals surface area (Å²) >= 11 is 12.0. The zero-order valence-corrected chi connectivity index (χ0v) is 20.9. The minimum Gasteiger partial charge on any atom is -0.455 e. The summed E-state index contributed by atoms with van der Waals surface area (Å²) < 4.78 is 5.72. The van der Waals surface area contributed by atoms with E-state index >= 15 is 0 Å². The lowest BCUT2D eigenvalue weighted by molar-refractivity contribution is -0.384. The van der Waals surface area contributed by atoms with Gasteiger partial charge in [-0.25, -0.2) is 5.43 Å². The third-order valence-corrected chi connectivity index (χ3v) is 5.72. The fraction of sp³-hybridized carbons (Fsp3) is 0. The molecule has 1 aromatic heterocycles. The number of benzene rings is 3. The smallest absolute Gasteiger partial charge is 0.287 e. The summed E-state index contributed by atoms with van der Waals surface area (Å²) in [5.41, 5.74) is 3.46. The molecular formula is C27H18Cl2N4O5. The monoisotopic (exact) mass is 548 g/mol. The summed E-state index contributed by atoms with van der Waals surface area (Å²) in [6, 6.07) is 22.3. The Morgan fingerprint density at radius 1 is 0.921 bits per heavy atom. The van der Waals surface area contributed by atoms with Crippen LogP contribution in [-0.2, 0) is 4.79 Å². The Bertz CT molecular complexity index is 1540. The highest BCUT2D eigenvalue weighted by molar-refractivity contribution is 6.34. The van der Waals surface area contributed by atoms with Gasteiger partial charge in [0.15, 0.2) is 0 Å². The van der Waals surface area contributed by atoms with E-state index in [1.54, 1.807) is 54.6 Å². The molecule has 3 aromatic carbocycles. The summed E-state index contributed by atoms with van der Waals surface area (Å²) in [7, 11) is 0. The number of amides is 2. The van der Waals surface area contributed by atoms with Gasteiger partial charge in [-0.3, -0.25) is 19.7 Å². The van der Waals surface area contributed by atoms with E-state index in [2.05, 4.69) is 15.8 Å². The molecule has 0 spiro atoms. The van der Waals surface area contributed by atoms with Crippen LogP contribution >= 0.6 is 23.2 Å². The lowest BCUT2D eigenvalue weighted by Crippen LogP contribution is -2.33.